The molecule has 2 heteroatoms. The molecule has 23 heavy (non-hydrogen) atoms. The average molecular weight is 342 g/mol. The minimum atomic E-state index is 0.848. The molecule has 138 valence electrons. The Balaban J connectivity index is 3.02. The van der Waals surface area contributed by atoms with Gasteiger partial charge >= 0.3 is 0 Å². The lowest BCUT2D eigenvalue weighted by atomic mass is 10.1. The van der Waals surface area contributed by atoms with Gasteiger partial charge in [0, 0.05) is 0 Å². The van der Waals surface area contributed by atoms with Crippen molar-refractivity contribution < 1.29 is 0 Å². The van der Waals surface area contributed by atoms with Crippen LogP contribution in [0.1, 0.15) is 103 Å². The Morgan fingerprint density at radius 2 is 1.09 bits per heavy atom. The number of allylic oxidation sites excluding steroid dienone is 2. The molecule has 0 aliphatic heterocycles. The van der Waals surface area contributed by atoms with Crippen molar-refractivity contribution in [3.05, 3.63) is 12.2 Å². The Labute approximate surface area is 151 Å². The molecule has 0 atom stereocenters. The van der Waals surface area contributed by atoms with Gasteiger partial charge in [-0.05, 0) is 56.6 Å². The molecule has 0 rings (SSSR count). The van der Waals surface area contributed by atoms with Crippen molar-refractivity contribution in [1.29, 1.82) is 0 Å². The second-order valence-corrected chi connectivity index (χ2v) is 7.92. The van der Waals surface area contributed by atoms with Gasteiger partial charge in [0.25, 0.3) is 0 Å². The zero-order valence-electron chi connectivity index (χ0n) is 15.9. The van der Waals surface area contributed by atoms with E-state index < -0.39 is 0 Å². The molecule has 0 saturated heterocycles. The summed E-state index contributed by atoms with van der Waals surface area (Å²) in [4.78, 5) is 0. The number of rotatable bonds is 19. The van der Waals surface area contributed by atoms with E-state index in [-0.39, 0.29) is 0 Å². The molecule has 0 heterocycles. The topological polar surface area (TPSA) is 26.0 Å². The Hall–Kier alpha value is 0.0500. The van der Waals surface area contributed by atoms with E-state index in [4.69, 9.17) is 5.73 Å². The van der Waals surface area contributed by atoms with Crippen molar-refractivity contribution in [2.45, 2.75) is 103 Å². The van der Waals surface area contributed by atoms with Gasteiger partial charge in [-0.1, -0.05) is 76.9 Å². The van der Waals surface area contributed by atoms with Crippen LogP contribution in [0.25, 0.3) is 0 Å². The summed E-state index contributed by atoms with van der Waals surface area (Å²) < 4.78 is 0. The molecule has 0 fully saturated rings. The van der Waals surface area contributed by atoms with Crippen LogP contribution in [0, 0.1) is 0 Å². The monoisotopic (exact) mass is 341 g/mol. The van der Waals surface area contributed by atoms with Crippen LogP contribution in [-0.4, -0.2) is 18.1 Å². The van der Waals surface area contributed by atoms with E-state index in [0.717, 1.165) is 6.54 Å². The molecule has 0 aromatic heterocycles. The Morgan fingerprint density at radius 3 is 1.65 bits per heavy atom. The molecule has 0 aliphatic rings. The lowest BCUT2D eigenvalue weighted by molar-refractivity contribution is 0.607. The lowest BCUT2D eigenvalue weighted by Crippen LogP contribution is -1.99. The van der Waals surface area contributed by atoms with Gasteiger partial charge in [0.15, 0.2) is 0 Å². The molecule has 1 nitrogen and oxygen atoms in total. The van der Waals surface area contributed by atoms with Crippen molar-refractivity contribution >= 4 is 11.8 Å². The van der Waals surface area contributed by atoms with Crippen molar-refractivity contribution in [1.82, 2.24) is 0 Å². The van der Waals surface area contributed by atoms with Crippen LogP contribution in [0.4, 0.5) is 0 Å². The third-order valence-electron chi connectivity index (χ3n) is 4.29. The summed E-state index contributed by atoms with van der Waals surface area (Å²) in [6, 6.07) is 0. The van der Waals surface area contributed by atoms with Crippen molar-refractivity contribution in [3.63, 3.8) is 0 Å². The van der Waals surface area contributed by atoms with Gasteiger partial charge in [-0.25, -0.2) is 0 Å². The van der Waals surface area contributed by atoms with Crippen molar-refractivity contribution in [2.24, 2.45) is 5.73 Å². The second-order valence-electron chi connectivity index (χ2n) is 6.69. The number of hydrogen-bond donors (Lipinski definition) is 1. The van der Waals surface area contributed by atoms with Gasteiger partial charge in [-0.2, -0.15) is 11.8 Å². The Kier molecular flexibility index (Phi) is 22.1. The summed E-state index contributed by atoms with van der Waals surface area (Å²) in [5.74, 6) is 2.59. The first-order valence-electron chi connectivity index (χ1n) is 10.3. The maximum Gasteiger partial charge on any atom is -0.00555 e. The highest BCUT2D eigenvalue weighted by molar-refractivity contribution is 7.99. The van der Waals surface area contributed by atoms with Crippen LogP contribution in [0.2, 0.25) is 0 Å². The third-order valence-corrected chi connectivity index (χ3v) is 5.45. The molecule has 0 spiro atoms. The molecule has 0 radical (unpaired) electrons. The largest absolute Gasteiger partial charge is 0.330 e. The number of nitrogens with two attached hydrogens (primary N) is 1. The normalized spacial score (nSPS) is 11.6. The van der Waals surface area contributed by atoms with Crippen LogP contribution < -0.4 is 5.73 Å². The fraction of sp³-hybridized carbons (Fsp3) is 0.905. The minimum Gasteiger partial charge on any atom is -0.330 e. The van der Waals surface area contributed by atoms with Gasteiger partial charge in [0.1, 0.15) is 0 Å². The van der Waals surface area contributed by atoms with Crippen molar-refractivity contribution in [3.8, 4) is 0 Å². The summed E-state index contributed by atoms with van der Waals surface area (Å²) in [6.45, 7) is 3.13. The van der Waals surface area contributed by atoms with Crippen molar-refractivity contribution in [2.75, 3.05) is 18.1 Å². The van der Waals surface area contributed by atoms with Crippen LogP contribution in [0.5, 0.6) is 0 Å². The van der Waals surface area contributed by atoms with Gasteiger partial charge in [0.05, 0.1) is 0 Å². The second kappa shape index (κ2) is 22.1. The molecular formula is C21H43NS. The first-order valence-corrected chi connectivity index (χ1v) is 11.5. The summed E-state index contributed by atoms with van der Waals surface area (Å²) in [5.41, 5.74) is 5.49. The van der Waals surface area contributed by atoms with E-state index >= 15 is 0 Å². The summed E-state index contributed by atoms with van der Waals surface area (Å²) in [6.07, 6.45) is 25.6. The summed E-state index contributed by atoms with van der Waals surface area (Å²) in [7, 11) is 0. The van der Waals surface area contributed by atoms with E-state index in [1.807, 2.05) is 0 Å². The predicted octanol–water partition coefficient (Wildman–Crippen LogP) is 7.11. The lowest BCUT2D eigenvalue weighted by Gasteiger charge is -2.01. The van der Waals surface area contributed by atoms with Gasteiger partial charge in [-0.15, -0.1) is 0 Å². The maximum absolute atomic E-state index is 5.49. The third kappa shape index (κ3) is 22.1. The molecule has 0 aliphatic carbocycles. The highest BCUT2D eigenvalue weighted by Crippen LogP contribution is 2.12. The first kappa shape index (κ1) is 23.1. The first-order chi connectivity index (χ1) is 11.4. The van der Waals surface area contributed by atoms with E-state index in [1.165, 1.54) is 108 Å². The van der Waals surface area contributed by atoms with E-state index in [1.54, 1.807) is 0 Å². The summed E-state index contributed by atoms with van der Waals surface area (Å²) >= 11 is 2.08. The molecule has 2 N–H and O–H groups in total. The number of hydrogen-bond acceptors (Lipinski definition) is 2. The van der Waals surface area contributed by atoms with E-state index in [0.29, 0.717) is 0 Å². The Bertz CT molecular complexity index is 228. The van der Waals surface area contributed by atoms with Gasteiger partial charge in [-0.3, -0.25) is 0 Å². The zero-order valence-corrected chi connectivity index (χ0v) is 16.7. The van der Waals surface area contributed by atoms with E-state index in [9.17, 15) is 0 Å². The Morgan fingerprint density at radius 1 is 0.609 bits per heavy atom. The predicted molar refractivity (Wildman–Crippen MR) is 110 cm³/mol. The number of thioether (sulfide) groups is 1. The zero-order chi connectivity index (χ0) is 16.8. The molecule has 0 aromatic carbocycles. The minimum absolute atomic E-state index is 0.848. The quantitative estimate of drug-likeness (QED) is 0.200. The fourth-order valence-corrected chi connectivity index (χ4v) is 3.72. The van der Waals surface area contributed by atoms with E-state index in [2.05, 4.69) is 30.8 Å². The highest BCUT2D eigenvalue weighted by atomic mass is 32.2. The van der Waals surface area contributed by atoms with Crippen LogP contribution in [0.15, 0.2) is 12.2 Å². The standard InChI is InChI=1S/C21H43NS/c1-2-3-4-5-6-7-8-9-10-11-12-13-14-15-16-17-20-23-21-18-19-22/h9-10H,2-8,11-22H2,1H3/b10-9-. The van der Waals surface area contributed by atoms with Crippen LogP contribution in [-0.2, 0) is 0 Å². The molecule has 0 saturated carbocycles. The van der Waals surface area contributed by atoms with Gasteiger partial charge in [0.2, 0.25) is 0 Å². The summed E-state index contributed by atoms with van der Waals surface area (Å²) in [5, 5.41) is 0. The van der Waals surface area contributed by atoms with Gasteiger partial charge < -0.3 is 5.73 Å². The smallest absolute Gasteiger partial charge is 0.00555 e. The number of unbranched alkanes of at least 4 members (excludes halogenated alkanes) is 12. The molecule has 0 aromatic rings. The highest BCUT2D eigenvalue weighted by Gasteiger charge is 1.92. The molecular weight excluding hydrogens is 298 g/mol. The average Bonchev–Trinajstić information content (AvgIpc) is 2.57. The van der Waals surface area contributed by atoms with Crippen LogP contribution >= 0.6 is 11.8 Å². The molecule has 0 unspecified atom stereocenters. The molecule has 0 bridgehead atoms. The molecule has 0 amide bonds. The SMILES string of the molecule is CCCCCCCC/C=C\CCCCCCCCSCCCN. The fourth-order valence-electron chi connectivity index (χ4n) is 2.74. The maximum atomic E-state index is 5.49. The van der Waals surface area contributed by atoms with Crippen LogP contribution in [0.3, 0.4) is 0 Å².